The number of thiocarbonyl (C=S) groups is 1. The normalized spacial score (nSPS) is 10.8. The van der Waals surface area contributed by atoms with Crippen LogP contribution >= 0.6 is 35.2 Å². The number of carbonyl (C=O) groups excluding carboxylic acids is 1. The Balaban J connectivity index is 1.79. The molecule has 1 heterocycles. The van der Waals surface area contributed by atoms with Gasteiger partial charge in [-0.05, 0) is 55.0 Å². The summed E-state index contributed by atoms with van der Waals surface area (Å²) < 4.78 is 35.3. The summed E-state index contributed by atoms with van der Waals surface area (Å²) in [6.07, 6.45) is 0. The Bertz CT molecular complexity index is 1090. The summed E-state index contributed by atoms with van der Waals surface area (Å²) in [7, 11) is 1.29. The molecule has 2 aromatic carbocycles. The number of benzene rings is 2. The number of fused-ring (bicyclic) bond motifs is 1. The van der Waals surface area contributed by atoms with Gasteiger partial charge in [0.15, 0.2) is 5.11 Å². The van der Waals surface area contributed by atoms with Gasteiger partial charge in [-0.1, -0.05) is 17.7 Å². The zero-order chi connectivity index (χ0) is 21.1. The number of carbonyl (C=O) groups is 1. The van der Waals surface area contributed by atoms with E-state index in [0.29, 0.717) is 26.7 Å². The molecular formula is C19H15ClF2N2O3S2. The highest BCUT2D eigenvalue weighted by atomic mass is 35.5. The van der Waals surface area contributed by atoms with Crippen LogP contribution in [0.1, 0.15) is 15.2 Å². The maximum atomic E-state index is 12.6. The standard InChI is InChI=1S/C19H15ClF2N2O3S2/c1-9-3-6-12(13(7-9)27-18(21)22)24-19(28)23-10-4-5-11-14(8-10)29-16(15(11)20)17(25)26-2/h3-8,18H,1-2H3,(H2,23,24,28). The number of hydrogen-bond donors (Lipinski definition) is 2. The number of nitrogens with one attached hydrogen (secondary N) is 2. The van der Waals surface area contributed by atoms with Crippen molar-refractivity contribution < 1.29 is 23.0 Å². The number of thiophene rings is 1. The Morgan fingerprint density at radius 3 is 2.66 bits per heavy atom. The number of anilines is 2. The molecule has 3 aromatic rings. The van der Waals surface area contributed by atoms with Crippen molar-refractivity contribution in [1.29, 1.82) is 0 Å². The van der Waals surface area contributed by atoms with E-state index < -0.39 is 12.6 Å². The van der Waals surface area contributed by atoms with Crippen LogP contribution in [-0.4, -0.2) is 24.8 Å². The molecule has 1 aromatic heterocycles. The Morgan fingerprint density at radius 1 is 1.21 bits per heavy atom. The molecule has 0 aliphatic heterocycles. The van der Waals surface area contributed by atoms with Gasteiger partial charge in [0.25, 0.3) is 0 Å². The molecule has 0 unspecified atom stereocenters. The van der Waals surface area contributed by atoms with Gasteiger partial charge >= 0.3 is 12.6 Å². The minimum atomic E-state index is -2.95. The largest absolute Gasteiger partial charge is 0.465 e. The van der Waals surface area contributed by atoms with Gasteiger partial charge in [0.05, 0.1) is 17.8 Å². The molecule has 0 amide bonds. The Kier molecular flexibility index (Phi) is 6.51. The van der Waals surface area contributed by atoms with Crippen molar-refractivity contribution in [3.05, 3.63) is 51.9 Å². The van der Waals surface area contributed by atoms with Crippen LogP contribution < -0.4 is 15.4 Å². The highest BCUT2D eigenvalue weighted by molar-refractivity contribution is 7.80. The molecule has 0 atom stereocenters. The number of esters is 1. The SMILES string of the molecule is COC(=O)c1sc2cc(NC(=S)Nc3ccc(C)cc3OC(F)F)ccc2c1Cl. The number of rotatable bonds is 5. The van der Waals surface area contributed by atoms with Crippen molar-refractivity contribution in [1.82, 2.24) is 0 Å². The first-order valence-electron chi connectivity index (χ1n) is 8.22. The third-order valence-electron chi connectivity index (χ3n) is 3.86. The van der Waals surface area contributed by atoms with E-state index in [9.17, 15) is 13.6 Å². The van der Waals surface area contributed by atoms with E-state index in [0.717, 1.165) is 10.3 Å². The number of hydrogen-bond acceptors (Lipinski definition) is 5. The fraction of sp³-hybridized carbons (Fsp3) is 0.158. The first-order chi connectivity index (χ1) is 13.8. The summed E-state index contributed by atoms with van der Waals surface area (Å²) in [5.41, 5.74) is 1.71. The maximum Gasteiger partial charge on any atom is 0.387 e. The van der Waals surface area contributed by atoms with E-state index in [1.54, 1.807) is 37.3 Å². The van der Waals surface area contributed by atoms with E-state index in [-0.39, 0.29) is 10.9 Å². The molecule has 2 N–H and O–H groups in total. The van der Waals surface area contributed by atoms with E-state index in [4.69, 9.17) is 28.6 Å². The lowest BCUT2D eigenvalue weighted by Gasteiger charge is -2.15. The number of ether oxygens (including phenoxy) is 2. The monoisotopic (exact) mass is 456 g/mol. The van der Waals surface area contributed by atoms with Crippen LogP contribution in [0.25, 0.3) is 10.1 Å². The molecule has 0 aliphatic rings. The Hall–Kier alpha value is -2.49. The summed E-state index contributed by atoms with van der Waals surface area (Å²) >= 11 is 12.7. The summed E-state index contributed by atoms with van der Waals surface area (Å²) in [6, 6.07) is 10.1. The molecule has 3 rings (SSSR count). The Morgan fingerprint density at radius 2 is 1.97 bits per heavy atom. The molecule has 0 spiro atoms. The van der Waals surface area contributed by atoms with E-state index in [2.05, 4.69) is 15.4 Å². The number of aryl methyl sites for hydroxylation is 1. The molecule has 10 heteroatoms. The molecule has 5 nitrogen and oxygen atoms in total. The van der Waals surface area contributed by atoms with Crippen LogP contribution in [0.4, 0.5) is 20.2 Å². The minimum absolute atomic E-state index is 0.00707. The van der Waals surface area contributed by atoms with Crippen molar-refractivity contribution in [2.75, 3.05) is 17.7 Å². The first kappa shape index (κ1) is 21.2. The Labute approximate surface area is 179 Å². The van der Waals surface area contributed by atoms with Gasteiger partial charge in [0.2, 0.25) is 0 Å². The van der Waals surface area contributed by atoms with Gasteiger partial charge in [0, 0.05) is 15.8 Å². The van der Waals surface area contributed by atoms with Gasteiger partial charge in [-0.3, -0.25) is 0 Å². The number of methoxy groups -OCH3 is 1. The zero-order valence-electron chi connectivity index (χ0n) is 15.2. The number of alkyl halides is 2. The van der Waals surface area contributed by atoms with Crippen LogP contribution in [-0.2, 0) is 4.74 Å². The van der Waals surface area contributed by atoms with Crippen LogP contribution in [0, 0.1) is 6.92 Å². The average molecular weight is 457 g/mol. The maximum absolute atomic E-state index is 12.6. The van der Waals surface area contributed by atoms with E-state index >= 15 is 0 Å². The summed E-state index contributed by atoms with van der Waals surface area (Å²) in [6.45, 7) is -1.18. The van der Waals surface area contributed by atoms with Crippen molar-refractivity contribution in [2.24, 2.45) is 0 Å². The van der Waals surface area contributed by atoms with Crippen LogP contribution in [0.3, 0.4) is 0 Å². The van der Waals surface area contributed by atoms with Crippen molar-refractivity contribution >= 4 is 67.7 Å². The summed E-state index contributed by atoms with van der Waals surface area (Å²) in [4.78, 5) is 12.1. The van der Waals surface area contributed by atoms with Crippen LogP contribution in [0.5, 0.6) is 5.75 Å². The second-order valence-corrected chi connectivity index (χ2v) is 7.74. The second kappa shape index (κ2) is 8.89. The molecular weight excluding hydrogens is 442 g/mol. The minimum Gasteiger partial charge on any atom is -0.465 e. The predicted octanol–water partition coefficient (Wildman–Crippen LogP) is 6.06. The van der Waals surface area contributed by atoms with Gasteiger partial charge in [-0.25, -0.2) is 4.79 Å². The van der Waals surface area contributed by atoms with Gasteiger partial charge in [-0.15, -0.1) is 11.3 Å². The highest BCUT2D eigenvalue weighted by Crippen LogP contribution is 2.37. The molecule has 0 aliphatic carbocycles. The van der Waals surface area contributed by atoms with Crippen molar-refractivity contribution in [3.63, 3.8) is 0 Å². The molecule has 0 saturated carbocycles. The lowest BCUT2D eigenvalue weighted by Crippen LogP contribution is -2.20. The molecule has 0 saturated heterocycles. The summed E-state index contributed by atoms with van der Waals surface area (Å²) in [5.74, 6) is -0.513. The predicted molar refractivity (Wildman–Crippen MR) is 116 cm³/mol. The lowest BCUT2D eigenvalue weighted by atomic mass is 10.2. The van der Waals surface area contributed by atoms with Crippen molar-refractivity contribution in [2.45, 2.75) is 13.5 Å². The molecule has 29 heavy (non-hydrogen) atoms. The van der Waals surface area contributed by atoms with Crippen LogP contribution in [0.2, 0.25) is 5.02 Å². The smallest absolute Gasteiger partial charge is 0.387 e. The fourth-order valence-electron chi connectivity index (χ4n) is 2.58. The molecule has 0 bridgehead atoms. The third kappa shape index (κ3) is 4.92. The molecule has 0 fully saturated rings. The van der Waals surface area contributed by atoms with E-state index in [1.165, 1.54) is 24.5 Å². The molecule has 152 valence electrons. The van der Waals surface area contributed by atoms with Crippen molar-refractivity contribution in [3.8, 4) is 5.75 Å². The van der Waals surface area contributed by atoms with Crippen LogP contribution in [0.15, 0.2) is 36.4 Å². The molecule has 0 radical (unpaired) electrons. The number of halogens is 3. The van der Waals surface area contributed by atoms with Gasteiger partial charge < -0.3 is 20.1 Å². The third-order valence-corrected chi connectivity index (χ3v) is 5.70. The lowest BCUT2D eigenvalue weighted by molar-refractivity contribution is -0.0493. The zero-order valence-corrected chi connectivity index (χ0v) is 17.6. The second-order valence-electron chi connectivity index (χ2n) is 5.90. The first-order valence-corrected chi connectivity index (χ1v) is 9.82. The van der Waals surface area contributed by atoms with Gasteiger partial charge in [0.1, 0.15) is 10.6 Å². The highest BCUT2D eigenvalue weighted by Gasteiger charge is 2.18. The fourth-order valence-corrected chi connectivity index (χ4v) is 4.27. The quantitative estimate of drug-likeness (QED) is 0.359. The van der Waals surface area contributed by atoms with Gasteiger partial charge in [-0.2, -0.15) is 8.78 Å². The summed E-state index contributed by atoms with van der Waals surface area (Å²) in [5, 5.41) is 7.05. The van der Waals surface area contributed by atoms with E-state index in [1.807, 2.05) is 0 Å². The average Bonchev–Trinajstić information content (AvgIpc) is 2.99. The topological polar surface area (TPSA) is 59.6 Å².